The third kappa shape index (κ3) is 4.15. The number of hydrogen-bond donors (Lipinski definition) is 1. The molecule has 1 fully saturated rings. The zero-order valence-electron chi connectivity index (χ0n) is 12.7. The Bertz CT molecular complexity index is 461. The van der Waals surface area contributed by atoms with E-state index in [1.165, 1.54) is 13.5 Å². The highest BCUT2D eigenvalue weighted by Crippen LogP contribution is 2.20. The molecule has 1 atom stereocenters. The van der Waals surface area contributed by atoms with Crippen LogP contribution in [0.1, 0.15) is 23.2 Å². The van der Waals surface area contributed by atoms with Gasteiger partial charge in [-0.05, 0) is 31.5 Å². The molecule has 1 aromatic rings. The predicted octanol–water partition coefficient (Wildman–Crippen LogP) is 1.07. The van der Waals surface area contributed by atoms with Crippen LogP contribution in [-0.2, 0) is 9.47 Å². The zero-order chi connectivity index (χ0) is 15.1. The second-order valence-corrected chi connectivity index (χ2v) is 5.10. The van der Waals surface area contributed by atoms with Crippen LogP contribution in [-0.4, -0.2) is 57.5 Å². The number of carbonyl (C=O) groups excluding carboxylic acids is 1. The Balaban J connectivity index is 2.20. The van der Waals surface area contributed by atoms with Gasteiger partial charge in [0.2, 0.25) is 0 Å². The average Bonchev–Trinajstić information content (AvgIpc) is 3.03. The fourth-order valence-electron chi connectivity index (χ4n) is 2.58. The van der Waals surface area contributed by atoms with Crippen LogP contribution in [0.4, 0.5) is 5.82 Å². The Morgan fingerprint density at radius 2 is 2.38 bits per heavy atom. The third-order valence-corrected chi connectivity index (χ3v) is 3.66. The molecule has 21 heavy (non-hydrogen) atoms. The Labute approximate surface area is 125 Å². The molecular formula is C15H23N3O3. The van der Waals surface area contributed by atoms with E-state index < -0.39 is 0 Å². The first-order valence-corrected chi connectivity index (χ1v) is 7.27. The molecule has 6 heteroatoms. The number of anilines is 1. The lowest BCUT2D eigenvalue weighted by atomic mass is 10.2. The number of rotatable bonds is 7. The van der Waals surface area contributed by atoms with E-state index in [1.807, 2.05) is 0 Å². The number of esters is 1. The van der Waals surface area contributed by atoms with Crippen molar-refractivity contribution >= 4 is 11.8 Å². The molecule has 0 aromatic carbocycles. The summed E-state index contributed by atoms with van der Waals surface area (Å²) in [6.07, 6.45) is 4.03. The second-order valence-electron chi connectivity index (χ2n) is 5.10. The summed E-state index contributed by atoms with van der Waals surface area (Å²) in [4.78, 5) is 18.4. The summed E-state index contributed by atoms with van der Waals surface area (Å²) >= 11 is 0. The van der Waals surface area contributed by atoms with Crippen LogP contribution in [0.15, 0.2) is 18.3 Å². The molecule has 0 bridgehead atoms. The first-order valence-electron chi connectivity index (χ1n) is 7.27. The maximum Gasteiger partial charge on any atom is 0.341 e. The van der Waals surface area contributed by atoms with Gasteiger partial charge in [0, 0.05) is 32.4 Å². The number of hydrogen-bond acceptors (Lipinski definition) is 6. The zero-order valence-corrected chi connectivity index (χ0v) is 12.7. The Morgan fingerprint density at radius 3 is 3.05 bits per heavy atom. The highest BCUT2D eigenvalue weighted by molar-refractivity contribution is 5.94. The minimum Gasteiger partial charge on any atom is -0.465 e. The van der Waals surface area contributed by atoms with E-state index in [0.717, 1.165) is 19.5 Å². The van der Waals surface area contributed by atoms with Crippen molar-refractivity contribution in [2.75, 3.05) is 45.4 Å². The first kappa shape index (κ1) is 15.7. The Morgan fingerprint density at radius 1 is 1.52 bits per heavy atom. The van der Waals surface area contributed by atoms with Gasteiger partial charge in [-0.3, -0.25) is 0 Å². The summed E-state index contributed by atoms with van der Waals surface area (Å²) in [5, 5.41) is 3.47. The Kier molecular flexibility index (Phi) is 5.95. The first-order chi connectivity index (χ1) is 10.3. The van der Waals surface area contributed by atoms with Gasteiger partial charge in [-0.2, -0.15) is 0 Å². The molecule has 1 aromatic heterocycles. The lowest BCUT2D eigenvalue weighted by Crippen LogP contribution is -2.40. The molecule has 0 amide bonds. The van der Waals surface area contributed by atoms with E-state index in [2.05, 4.69) is 15.2 Å². The molecule has 0 spiro atoms. The SMILES string of the molecule is COCCN(CC1CCCN1)c1ncccc1C(=O)OC. The van der Waals surface area contributed by atoms with Gasteiger partial charge >= 0.3 is 5.97 Å². The molecule has 0 saturated carbocycles. The van der Waals surface area contributed by atoms with Crippen molar-refractivity contribution in [3.63, 3.8) is 0 Å². The molecule has 1 saturated heterocycles. The second kappa shape index (κ2) is 7.95. The fraction of sp³-hybridized carbons (Fsp3) is 0.600. The number of aromatic nitrogens is 1. The minimum absolute atomic E-state index is 0.361. The van der Waals surface area contributed by atoms with Gasteiger partial charge in [0.25, 0.3) is 0 Å². The van der Waals surface area contributed by atoms with Gasteiger partial charge < -0.3 is 19.7 Å². The molecule has 1 N–H and O–H groups in total. The van der Waals surface area contributed by atoms with E-state index in [-0.39, 0.29) is 5.97 Å². The smallest absolute Gasteiger partial charge is 0.341 e. The largest absolute Gasteiger partial charge is 0.465 e. The van der Waals surface area contributed by atoms with Crippen molar-refractivity contribution in [3.05, 3.63) is 23.9 Å². The highest BCUT2D eigenvalue weighted by atomic mass is 16.5. The maximum atomic E-state index is 11.9. The predicted molar refractivity (Wildman–Crippen MR) is 80.7 cm³/mol. The van der Waals surface area contributed by atoms with Crippen LogP contribution in [0.25, 0.3) is 0 Å². The summed E-state index contributed by atoms with van der Waals surface area (Å²) in [6.45, 7) is 3.14. The molecule has 116 valence electrons. The monoisotopic (exact) mass is 293 g/mol. The van der Waals surface area contributed by atoms with Crippen molar-refractivity contribution in [1.29, 1.82) is 0 Å². The van der Waals surface area contributed by atoms with Crippen LogP contribution in [0.3, 0.4) is 0 Å². The third-order valence-electron chi connectivity index (χ3n) is 3.66. The number of ether oxygens (including phenoxy) is 2. The number of carbonyl (C=O) groups is 1. The molecule has 0 radical (unpaired) electrons. The lowest BCUT2D eigenvalue weighted by molar-refractivity contribution is 0.0601. The molecule has 1 unspecified atom stereocenters. The Hall–Kier alpha value is -1.66. The van der Waals surface area contributed by atoms with Gasteiger partial charge in [-0.25, -0.2) is 9.78 Å². The van der Waals surface area contributed by atoms with Gasteiger partial charge in [0.1, 0.15) is 11.4 Å². The molecule has 1 aliphatic heterocycles. The number of methoxy groups -OCH3 is 2. The van der Waals surface area contributed by atoms with E-state index in [9.17, 15) is 4.79 Å². The lowest BCUT2D eigenvalue weighted by Gasteiger charge is -2.27. The summed E-state index contributed by atoms with van der Waals surface area (Å²) in [6, 6.07) is 3.92. The number of nitrogens with one attached hydrogen (secondary N) is 1. The normalized spacial score (nSPS) is 17.7. The van der Waals surface area contributed by atoms with Gasteiger partial charge in [0.05, 0.1) is 13.7 Å². The van der Waals surface area contributed by atoms with Crippen LogP contribution in [0, 0.1) is 0 Å². The van der Waals surface area contributed by atoms with Crippen LogP contribution < -0.4 is 10.2 Å². The minimum atomic E-state index is -0.361. The van der Waals surface area contributed by atoms with Crippen LogP contribution in [0.2, 0.25) is 0 Å². The van der Waals surface area contributed by atoms with Crippen molar-refractivity contribution in [2.24, 2.45) is 0 Å². The molecule has 0 aliphatic carbocycles. The molecular weight excluding hydrogens is 270 g/mol. The van der Waals surface area contributed by atoms with Gasteiger partial charge in [-0.15, -0.1) is 0 Å². The average molecular weight is 293 g/mol. The van der Waals surface area contributed by atoms with Crippen LogP contribution >= 0.6 is 0 Å². The molecule has 6 nitrogen and oxygen atoms in total. The summed E-state index contributed by atoms with van der Waals surface area (Å²) in [5.74, 6) is 0.301. The summed E-state index contributed by atoms with van der Waals surface area (Å²) in [7, 11) is 3.06. The van der Waals surface area contributed by atoms with Crippen LogP contribution in [0.5, 0.6) is 0 Å². The molecule has 1 aliphatic rings. The van der Waals surface area contributed by atoms with Gasteiger partial charge in [0.15, 0.2) is 0 Å². The van der Waals surface area contributed by atoms with E-state index >= 15 is 0 Å². The number of nitrogens with zero attached hydrogens (tertiary/aromatic N) is 2. The maximum absolute atomic E-state index is 11.9. The van der Waals surface area contributed by atoms with Crippen molar-refractivity contribution in [2.45, 2.75) is 18.9 Å². The van der Waals surface area contributed by atoms with E-state index in [4.69, 9.17) is 9.47 Å². The van der Waals surface area contributed by atoms with Crippen molar-refractivity contribution in [1.82, 2.24) is 10.3 Å². The summed E-state index contributed by atoms with van der Waals surface area (Å²) < 4.78 is 10.0. The number of pyridine rings is 1. The van der Waals surface area contributed by atoms with E-state index in [1.54, 1.807) is 25.4 Å². The molecule has 2 heterocycles. The van der Waals surface area contributed by atoms with Crippen molar-refractivity contribution in [3.8, 4) is 0 Å². The summed E-state index contributed by atoms with van der Waals surface area (Å²) in [5.41, 5.74) is 0.495. The fourth-order valence-corrected chi connectivity index (χ4v) is 2.58. The highest BCUT2D eigenvalue weighted by Gasteiger charge is 2.22. The van der Waals surface area contributed by atoms with E-state index in [0.29, 0.717) is 30.6 Å². The van der Waals surface area contributed by atoms with Crippen molar-refractivity contribution < 1.29 is 14.3 Å². The van der Waals surface area contributed by atoms with Gasteiger partial charge in [-0.1, -0.05) is 0 Å². The quantitative estimate of drug-likeness (QED) is 0.759. The topological polar surface area (TPSA) is 63.7 Å². The standard InChI is InChI=1S/C15H23N3O3/c1-20-10-9-18(11-12-5-3-7-16-12)14-13(15(19)21-2)6-4-8-17-14/h4,6,8,12,16H,3,5,7,9-11H2,1-2H3. The molecule has 2 rings (SSSR count).